The first-order valence-electron chi connectivity index (χ1n) is 7.77. The Labute approximate surface area is 125 Å². The third-order valence-corrected chi connectivity index (χ3v) is 4.35. The van der Waals surface area contributed by atoms with E-state index in [1.54, 1.807) is 0 Å². The Hall–Kier alpha value is -2.10. The highest BCUT2D eigenvalue weighted by atomic mass is 15.4. The zero-order valence-corrected chi connectivity index (χ0v) is 12.4. The molecule has 0 fully saturated rings. The first kappa shape index (κ1) is 12.6. The highest BCUT2D eigenvalue weighted by Crippen LogP contribution is 2.26. The number of rotatable bonds is 2. The van der Waals surface area contributed by atoms with Crippen molar-refractivity contribution in [1.82, 2.24) is 4.90 Å². The van der Waals surface area contributed by atoms with E-state index >= 15 is 0 Å². The van der Waals surface area contributed by atoms with Gasteiger partial charge < -0.3 is 5.32 Å². The molecular weight excluding hydrogens is 260 g/mol. The number of nitrogens with zero attached hydrogens (tertiary/aromatic N) is 3. The molecule has 0 bridgehead atoms. The number of anilines is 1. The molecule has 1 aromatic carbocycles. The number of allylic oxidation sites excluding steroid dienone is 1. The van der Waals surface area contributed by atoms with E-state index < -0.39 is 0 Å². The molecule has 4 rings (SSSR count). The van der Waals surface area contributed by atoms with Crippen molar-refractivity contribution in [2.45, 2.75) is 32.6 Å². The van der Waals surface area contributed by atoms with Gasteiger partial charge in [0.15, 0.2) is 0 Å². The fourth-order valence-electron chi connectivity index (χ4n) is 3.29. The van der Waals surface area contributed by atoms with E-state index in [4.69, 9.17) is 0 Å². The van der Waals surface area contributed by atoms with E-state index in [9.17, 15) is 0 Å². The van der Waals surface area contributed by atoms with Crippen LogP contribution < -0.4 is 5.32 Å². The van der Waals surface area contributed by atoms with Gasteiger partial charge in [0.1, 0.15) is 5.82 Å². The van der Waals surface area contributed by atoms with E-state index in [0.717, 1.165) is 30.6 Å². The predicted molar refractivity (Wildman–Crippen MR) is 86.9 cm³/mol. The molecule has 108 valence electrons. The molecule has 4 heteroatoms. The summed E-state index contributed by atoms with van der Waals surface area (Å²) < 4.78 is 0. The summed E-state index contributed by atoms with van der Waals surface area (Å²) in [6, 6.07) is 6.78. The smallest absolute Gasteiger partial charge is 0.226 e. The first-order valence-corrected chi connectivity index (χ1v) is 7.77. The van der Waals surface area contributed by atoms with Gasteiger partial charge in [0, 0.05) is 24.0 Å². The maximum Gasteiger partial charge on any atom is 0.226 e. The topological polar surface area (TPSA) is 40.0 Å². The number of fused-ring (bicyclic) bond motifs is 2. The van der Waals surface area contributed by atoms with Gasteiger partial charge in [0.25, 0.3) is 0 Å². The van der Waals surface area contributed by atoms with Crippen LogP contribution in [-0.4, -0.2) is 29.7 Å². The molecule has 3 aliphatic rings. The first-order chi connectivity index (χ1) is 10.3. The second-order valence-corrected chi connectivity index (χ2v) is 5.93. The Morgan fingerprint density at radius 2 is 2.00 bits per heavy atom. The molecule has 0 aromatic heterocycles. The van der Waals surface area contributed by atoms with Crippen LogP contribution in [0.1, 0.15) is 30.9 Å². The Kier molecular flexibility index (Phi) is 3.02. The highest BCUT2D eigenvalue weighted by molar-refractivity contribution is 6.06. The average Bonchev–Trinajstić information content (AvgIpc) is 2.95. The lowest BCUT2D eigenvalue weighted by molar-refractivity contribution is 0.559. The summed E-state index contributed by atoms with van der Waals surface area (Å²) in [5, 5.41) is 3.56. The van der Waals surface area contributed by atoms with Crippen LogP contribution in [0, 0.1) is 0 Å². The zero-order valence-electron chi connectivity index (χ0n) is 12.4. The summed E-state index contributed by atoms with van der Waals surface area (Å²) in [5.41, 5.74) is 5.20. The maximum absolute atomic E-state index is 4.48. The molecule has 0 spiro atoms. The maximum atomic E-state index is 4.48. The van der Waals surface area contributed by atoms with Gasteiger partial charge in [-0.1, -0.05) is 6.07 Å². The van der Waals surface area contributed by atoms with Gasteiger partial charge in [-0.15, -0.1) is 0 Å². The van der Waals surface area contributed by atoms with Crippen LogP contribution in [0.3, 0.4) is 0 Å². The minimum atomic E-state index is 0.829. The van der Waals surface area contributed by atoms with Crippen LogP contribution >= 0.6 is 0 Å². The lowest BCUT2D eigenvalue weighted by atomic mass is 9.91. The summed E-state index contributed by atoms with van der Waals surface area (Å²) in [7, 11) is 0. The molecule has 21 heavy (non-hydrogen) atoms. The van der Waals surface area contributed by atoms with Crippen LogP contribution in [0.2, 0.25) is 0 Å². The molecule has 2 aliphatic heterocycles. The molecule has 0 atom stereocenters. The summed E-state index contributed by atoms with van der Waals surface area (Å²) in [6.07, 6.45) is 7.18. The lowest BCUT2D eigenvalue weighted by Gasteiger charge is -2.26. The van der Waals surface area contributed by atoms with E-state index in [2.05, 4.69) is 44.5 Å². The molecule has 0 amide bonds. The normalized spacial score (nSPS) is 20.2. The number of hydrogen-bond acceptors (Lipinski definition) is 4. The quantitative estimate of drug-likeness (QED) is 0.904. The fourth-order valence-corrected chi connectivity index (χ4v) is 3.29. The van der Waals surface area contributed by atoms with Gasteiger partial charge in [0.05, 0.1) is 6.54 Å². The van der Waals surface area contributed by atoms with Crippen LogP contribution in [0.15, 0.2) is 40.1 Å². The number of benzene rings is 1. The minimum Gasteiger partial charge on any atom is -0.342 e. The summed E-state index contributed by atoms with van der Waals surface area (Å²) in [6.45, 7) is 3.76. The van der Waals surface area contributed by atoms with Gasteiger partial charge in [-0.3, -0.25) is 4.90 Å². The van der Waals surface area contributed by atoms with Crippen molar-refractivity contribution in [3.05, 3.63) is 41.2 Å². The number of hydrogen-bond donors (Lipinski definition) is 1. The molecular formula is C17H20N4. The Bertz CT molecular complexity index is 669. The minimum absolute atomic E-state index is 0.829. The van der Waals surface area contributed by atoms with Crippen molar-refractivity contribution in [1.29, 1.82) is 0 Å². The van der Waals surface area contributed by atoms with Gasteiger partial charge in [-0.25, -0.2) is 9.98 Å². The average molecular weight is 280 g/mol. The summed E-state index contributed by atoms with van der Waals surface area (Å²) in [5.74, 6) is 1.94. The standard InChI is InChI=1S/C17H20N4/c1-12-10-16(21-9-8-18-17(21)19-12)20-15-7-6-13-4-2-3-5-14(13)11-15/h6-7,10-11,20H,2-5,8-9H2,1H3. The van der Waals surface area contributed by atoms with Crippen molar-refractivity contribution in [3.63, 3.8) is 0 Å². The lowest BCUT2D eigenvalue weighted by Crippen LogP contribution is -2.33. The molecule has 0 unspecified atom stereocenters. The molecule has 1 N–H and O–H groups in total. The SMILES string of the molecule is CC1=NC2=NCCN2C(Nc2ccc3c(c2)CCCC3)=C1. The van der Waals surface area contributed by atoms with E-state index in [0.29, 0.717) is 0 Å². The third-order valence-electron chi connectivity index (χ3n) is 4.35. The van der Waals surface area contributed by atoms with Crippen molar-refractivity contribution in [3.8, 4) is 0 Å². The Balaban J connectivity index is 1.61. The van der Waals surface area contributed by atoms with Crippen molar-refractivity contribution in [2.24, 2.45) is 9.98 Å². The van der Waals surface area contributed by atoms with Gasteiger partial charge in [-0.05, 0) is 55.9 Å². The van der Waals surface area contributed by atoms with E-state index in [1.807, 2.05) is 6.92 Å². The number of aliphatic imine (C=N–C) groups is 2. The van der Waals surface area contributed by atoms with Crippen LogP contribution in [-0.2, 0) is 12.8 Å². The monoisotopic (exact) mass is 280 g/mol. The number of aryl methyl sites for hydroxylation is 2. The second-order valence-electron chi connectivity index (χ2n) is 5.93. The molecule has 0 saturated heterocycles. The van der Waals surface area contributed by atoms with Crippen LogP contribution in [0.25, 0.3) is 0 Å². The fraction of sp³-hybridized carbons (Fsp3) is 0.412. The van der Waals surface area contributed by atoms with Crippen molar-refractivity contribution < 1.29 is 0 Å². The van der Waals surface area contributed by atoms with Gasteiger partial charge >= 0.3 is 0 Å². The second kappa shape index (κ2) is 5.02. The summed E-state index contributed by atoms with van der Waals surface area (Å²) in [4.78, 5) is 11.1. The molecule has 1 aromatic rings. The van der Waals surface area contributed by atoms with Crippen LogP contribution in [0.4, 0.5) is 5.69 Å². The van der Waals surface area contributed by atoms with E-state index in [1.165, 1.54) is 42.5 Å². The van der Waals surface area contributed by atoms with Crippen molar-refractivity contribution in [2.75, 3.05) is 18.4 Å². The van der Waals surface area contributed by atoms with Gasteiger partial charge in [-0.2, -0.15) is 0 Å². The molecule has 0 radical (unpaired) electrons. The largest absolute Gasteiger partial charge is 0.342 e. The Morgan fingerprint density at radius 1 is 1.14 bits per heavy atom. The predicted octanol–water partition coefficient (Wildman–Crippen LogP) is 2.96. The third kappa shape index (κ3) is 2.35. The number of guanidine groups is 1. The highest BCUT2D eigenvalue weighted by Gasteiger charge is 2.24. The van der Waals surface area contributed by atoms with Crippen molar-refractivity contribution >= 4 is 17.4 Å². The molecule has 4 nitrogen and oxygen atoms in total. The Morgan fingerprint density at radius 3 is 2.90 bits per heavy atom. The zero-order chi connectivity index (χ0) is 14.2. The molecule has 2 heterocycles. The van der Waals surface area contributed by atoms with Crippen LogP contribution in [0.5, 0.6) is 0 Å². The van der Waals surface area contributed by atoms with Gasteiger partial charge in [0.2, 0.25) is 5.96 Å². The summed E-state index contributed by atoms with van der Waals surface area (Å²) >= 11 is 0. The van der Waals surface area contributed by atoms with E-state index in [-0.39, 0.29) is 0 Å². The molecule has 1 aliphatic carbocycles. The molecule has 0 saturated carbocycles. The number of nitrogens with one attached hydrogen (secondary N) is 1.